The van der Waals surface area contributed by atoms with E-state index in [2.05, 4.69) is 0 Å². The van der Waals surface area contributed by atoms with Gasteiger partial charge in [0.15, 0.2) is 0 Å². The quantitative estimate of drug-likeness (QED) is 0.797. The summed E-state index contributed by atoms with van der Waals surface area (Å²) >= 11 is 0. The molecule has 1 rings (SSSR count). The Morgan fingerprint density at radius 3 is 2.43 bits per heavy atom. The standard InChI is InChI=1S/C11H18N2O/c1-8(12)11-9(13(2)3)6-5-7-10(11)14-4/h5-8H,12H2,1-4H3. The van der Waals surface area contributed by atoms with E-state index in [0.717, 1.165) is 17.0 Å². The maximum Gasteiger partial charge on any atom is 0.125 e. The Morgan fingerprint density at radius 1 is 1.36 bits per heavy atom. The van der Waals surface area contributed by atoms with Gasteiger partial charge in [-0.2, -0.15) is 0 Å². The summed E-state index contributed by atoms with van der Waals surface area (Å²) in [5.74, 6) is 0.853. The van der Waals surface area contributed by atoms with Crippen molar-refractivity contribution < 1.29 is 4.74 Å². The summed E-state index contributed by atoms with van der Waals surface area (Å²) in [7, 11) is 5.67. The Kier molecular flexibility index (Phi) is 3.36. The van der Waals surface area contributed by atoms with Crippen LogP contribution in [0.1, 0.15) is 18.5 Å². The fraction of sp³-hybridized carbons (Fsp3) is 0.455. The van der Waals surface area contributed by atoms with Gasteiger partial charge in [-0.1, -0.05) is 6.07 Å². The monoisotopic (exact) mass is 194 g/mol. The molecule has 14 heavy (non-hydrogen) atoms. The first-order valence-corrected chi connectivity index (χ1v) is 4.67. The van der Waals surface area contributed by atoms with Crippen LogP contribution in [0.15, 0.2) is 18.2 Å². The highest BCUT2D eigenvalue weighted by atomic mass is 16.5. The van der Waals surface area contributed by atoms with Crippen LogP contribution < -0.4 is 15.4 Å². The van der Waals surface area contributed by atoms with Gasteiger partial charge in [0.2, 0.25) is 0 Å². The molecular weight excluding hydrogens is 176 g/mol. The van der Waals surface area contributed by atoms with E-state index in [1.165, 1.54) is 0 Å². The molecule has 1 atom stereocenters. The molecule has 0 heterocycles. The number of methoxy groups -OCH3 is 1. The van der Waals surface area contributed by atoms with Crippen LogP contribution >= 0.6 is 0 Å². The molecule has 0 spiro atoms. The van der Waals surface area contributed by atoms with Crippen LogP contribution in [0.3, 0.4) is 0 Å². The Balaban J connectivity index is 3.28. The molecule has 1 unspecified atom stereocenters. The fourth-order valence-electron chi connectivity index (χ4n) is 1.56. The second-order valence-corrected chi connectivity index (χ2v) is 3.58. The molecule has 0 saturated carbocycles. The van der Waals surface area contributed by atoms with E-state index in [1.54, 1.807) is 7.11 Å². The molecule has 2 N–H and O–H groups in total. The third-order valence-corrected chi connectivity index (χ3v) is 2.20. The molecule has 0 aliphatic carbocycles. The summed E-state index contributed by atoms with van der Waals surface area (Å²) in [5.41, 5.74) is 8.09. The van der Waals surface area contributed by atoms with Crippen LogP contribution in [-0.2, 0) is 0 Å². The summed E-state index contributed by atoms with van der Waals surface area (Å²) in [6, 6.07) is 5.93. The van der Waals surface area contributed by atoms with E-state index in [4.69, 9.17) is 10.5 Å². The molecule has 78 valence electrons. The smallest absolute Gasteiger partial charge is 0.125 e. The number of rotatable bonds is 3. The third kappa shape index (κ3) is 1.99. The molecule has 0 aliphatic rings. The highest BCUT2D eigenvalue weighted by molar-refractivity contribution is 5.59. The first-order chi connectivity index (χ1) is 6.57. The fourth-order valence-corrected chi connectivity index (χ4v) is 1.56. The summed E-state index contributed by atoms with van der Waals surface area (Å²) in [5, 5.41) is 0. The molecule has 0 bridgehead atoms. The van der Waals surface area contributed by atoms with Crippen LogP contribution in [-0.4, -0.2) is 21.2 Å². The Morgan fingerprint density at radius 2 is 2.00 bits per heavy atom. The first-order valence-electron chi connectivity index (χ1n) is 4.67. The summed E-state index contributed by atoms with van der Waals surface area (Å²) in [6.45, 7) is 1.96. The van der Waals surface area contributed by atoms with Gasteiger partial charge in [-0.15, -0.1) is 0 Å². The van der Waals surface area contributed by atoms with Gasteiger partial charge in [-0.05, 0) is 19.1 Å². The number of hydrogen-bond donors (Lipinski definition) is 1. The minimum absolute atomic E-state index is 0.0245. The minimum atomic E-state index is -0.0245. The summed E-state index contributed by atoms with van der Waals surface area (Å²) in [4.78, 5) is 2.04. The number of anilines is 1. The average Bonchev–Trinajstić information content (AvgIpc) is 2.16. The lowest BCUT2D eigenvalue weighted by molar-refractivity contribution is 0.407. The van der Waals surface area contributed by atoms with Gasteiger partial charge in [-0.25, -0.2) is 0 Å². The Labute approximate surface area is 85.5 Å². The van der Waals surface area contributed by atoms with Gasteiger partial charge in [-0.3, -0.25) is 0 Å². The number of nitrogens with zero attached hydrogens (tertiary/aromatic N) is 1. The summed E-state index contributed by atoms with van der Waals surface area (Å²) < 4.78 is 5.29. The Bertz CT molecular complexity index is 308. The third-order valence-electron chi connectivity index (χ3n) is 2.20. The lowest BCUT2D eigenvalue weighted by Gasteiger charge is -2.21. The second kappa shape index (κ2) is 4.33. The molecule has 0 amide bonds. The van der Waals surface area contributed by atoms with Crippen molar-refractivity contribution in [3.05, 3.63) is 23.8 Å². The highest BCUT2D eigenvalue weighted by Crippen LogP contribution is 2.32. The van der Waals surface area contributed by atoms with Gasteiger partial charge < -0.3 is 15.4 Å². The topological polar surface area (TPSA) is 38.5 Å². The van der Waals surface area contributed by atoms with E-state index >= 15 is 0 Å². The predicted octanol–water partition coefficient (Wildman–Crippen LogP) is 1.78. The zero-order valence-electron chi connectivity index (χ0n) is 9.24. The lowest BCUT2D eigenvalue weighted by Crippen LogP contribution is -2.16. The van der Waals surface area contributed by atoms with Gasteiger partial charge in [0, 0.05) is 31.4 Å². The van der Waals surface area contributed by atoms with Crippen LogP contribution in [0, 0.1) is 0 Å². The number of nitrogens with two attached hydrogens (primary N) is 1. The van der Waals surface area contributed by atoms with Gasteiger partial charge >= 0.3 is 0 Å². The first kappa shape index (κ1) is 10.9. The van der Waals surface area contributed by atoms with Crippen LogP contribution in [0.2, 0.25) is 0 Å². The maximum absolute atomic E-state index is 5.92. The SMILES string of the molecule is COc1cccc(N(C)C)c1C(C)N. The predicted molar refractivity (Wildman–Crippen MR) is 59.9 cm³/mol. The van der Waals surface area contributed by atoms with Crippen molar-refractivity contribution in [1.82, 2.24) is 0 Å². The minimum Gasteiger partial charge on any atom is -0.496 e. The van der Waals surface area contributed by atoms with E-state index < -0.39 is 0 Å². The molecule has 0 aliphatic heterocycles. The molecule has 0 radical (unpaired) electrons. The van der Waals surface area contributed by atoms with Crippen molar-refractivity contribution in [2.75, 3.05) is 26.1 Å². The molecule has 0 aromatic heterocycles. The van der Waals surface area contributed by atoms with Crippen molar-refractivity contribution >= 4 is 5.69 Å². The molecule has 0 saturated heterocycles. The van der Waals surface area contributed by atoms with E-state index in [0.29, 0.717) is 0 Å². The molecule has 3 heteroatoms. The molecule has 1 aromatic carbocycles. The van der Waals surface area contributed by atoms with Crippen LogP contribution in [0.5, 0.6) is 5.75 Å². The van der Waals surface area contributed by atoms with Crippen molar-refractivity contribution in [2.24, 2.45) is 5.73 Å². The highest BCUT2D eigenvalue weighted by Gasteiger charge is 2.13. The van der Waals surface area contributed by atoms with Crippen molar-refractivity contribution in [3.8, 4) is 5.75 Å². The van der Waals surface area contributed by atoms with Gasteiger partial charge in [0.05, 0.1) is 7.11 Å². The lowest BCUT2D eigenvalue weighted by atomic mass is 10.0. The molecule has 1 aromatic rings. The van der Waals surface area contributed by atoms with Crippen molar-refractivity contribution in [1.29, 1.82) is 0 Å². The number of hydrogen-bond acceptors (Lipinski definition) is 3. The molecular formula is C11H18N2O. The normalized spacial score (nSPS) is 12.4. The van der Waals surface area contributed by atoms with E-state index in [-0.39, 0.29) is 6.04 Å². The van der Waals surface area contributed by atoms with Crippen LogP contribution in [0.4, 0.5) is 5.69 Å². The molecule has 0 fully saturated rings. The zero-order chi connectivity index (χ0) is 10.7. The van der Waals surface area contributed by atoms with Crippen LogP contribution in [0.25, 0.3) is 0 Å². The number of benzene rings is 1. The molecule has 3 nitrogen and oxygen atoms in total. The maximum atomic E-state index is 5.92. The van der Waals surface area contributed by atoms with Gasteiger partial charge in [0.25, 0.3) is 0 Å². The number of ether oxygens (including phenoxy) is 1. The van der Waals surface area contributed by atoms with Gasteiger partial charge in [0.1, 0.15) is 5.75 Å². The van der Waals surface area contributed by atoms with Crippen molar-refractivity contribution in [2.45, 2.75) is 13.0 Å². The largest absolute Gasteiger partial charge is 0.496 e. The second-order valence-electron chi connectivity index (χ2n) is 3.58. The Hall–Kier alpha value is -1.22. The van der Waals surface area contributed by atoms with E-state index in [1.807, 2.05) is 44.1 Å². The van der Waals surface area contributed by atoms with Crippen molar-refractivity contribution in [3.63, 3.8) is 0 Å². The zero-order valence-corrected chi connectivity index (χ0v) is 9.24. The van der Waals surface area contributed by atoms with E-state index in [9.17, 15) is 0 Å². The average molecular weight is 194 g/mol. The summed E-state index contributed by atoms with van der Waals surface area (Å²) in [6.07, 6.45) is 0.